The van der Waals surface area contributed by atoms with Gasteiger partial charge in [0.1, 0.15) is 11.6 Å². The smallest absolute Gasteiger partial charge is 0.253 e. The summed E-state index contributed by atoms with van der Waals surface area (Å²) in [6, 6.07) is 15.6. The van der Waals surface area contributed by atoms with Gasteiger partial charge in [-0.15, -0.1) is 13.2 Å². The predicted molar refractivity (Wildman–Crippen MR) is 191 cm³/mol. The lowest BCUT2D eigenvalue weighted by atomic mass is 9.66. The van der Waals surface area contributed by atoms with E-state index in [1.807, 2.05) is 75.4 Å². The molecule has 2 unspecified atom stereocenters. The predicted octanol–water partition coefficient (Wildman–Crippen LogP) is 5.44. The van der Waals surface area contributed by atoms with Crippen LogP contribution in [0.1, 0.15) is 53.9 Å². The minimum Gasteiger partial charge on any atom is -0.394 e. The first-order chi connectivity index (χ1) is 23.1. The molecule has 0 aromatic heterocycles. The van der Waals surface area contributed by atoms with Crippen LogP contribution in [-0.2, 0) is 19.1 Å². The highest BCUT2D eigenvalue weighted by atomic mass is 16.5. The summed E-state index contributed by atoms with van der Waals surface area (Å²) in [5, 5.41) is 10.8. The number of hydrogen-bond donors (Lipinski definition) is 1. The fourth-order valence-corrected chi connectivity index (χ4v) is 8.45. The van der Waals surface area contributed by atoms with E-state index in [1.165, 1.54) is 0 Å². The molecule has 9 heteroatoms. The highest BCUT2D eigenvalue weighted by Gasteiger charge is 2.79. The van der Waals surface area contributed by atoms with Gasteiger partial charge in [-0.05, 0) is 75.9 Å². The van der Waals surface area contributed by atoms with E-state index in [9.17, 15) is 14.7 Å². The monoisotopic (exact) mass is 656 g/mol. The summed E-state index contributed by atoms with van der Waals surface area (Å²) in [4.78, 5) is 51.9. The average Bonchev–Trinajstić information content (AvgIpc) is 3.67. The van der Waals surface area contributed by atoms with Crippen LogP contribution in [-0.4, -0.2) is 83.8 Å². The Hall–Kier alpha value is -3.95. The van der Waals surface area contributed by atoms with Crippen molar-refractivity contribution in [2.45, 2.75) is 77.2 Å². The molecule has 7 atom stereocenters. The standard InChI is InChI=1S/C39H52N4O5/c1-8-24-41(29-16-14-13-15-17-29)35(45)32-33-36(46)43(31(26-44)27(6)10-3)34(39(33)23-22-38(32,7)48-39)37(47)42(25-9-2)30-20-18-28(19-21-30)40(11-4)12-5/h8-9,13-21,27,31-34,44H,1-2,10-12,22-26H2,3-7H3/t27-,31-,32-,33-,34?,38+,39?/m0/s1. The van der Waals surface area contributed by atoms with E-state index in [1.54, 1.807) is 26.9 Å². The number of likely N-dealkylation sites (tertiary alicyclic amines) is 1. The third-order valence-electron chi connectivity index (χ3n) is 11.1. The van der Waals surface area contributed by atoms with Crippen molar-refractivity contribution in [3.63, 3.8) is 0 Å². The zero-order chi connectivity index (χ0) is 34.8. The van der Waals surface area contributed by atoms with Gasteiger partial charge in [0, 0.05) is 43.2 Å². The number of nitrogens with zero attached hydrogens (tertiary/aromatic N) is 4. The summed E-state index contributed by atoms with van der Waals surface area (Å²) < 4.78 is 6.96. The molecule has 0 radical (unpaired) electrons. The maximum Gasteiger partial charge on any atom is 0.253 e. The number of rotatable bonds is 15. The van der Waals surface area contributed by atoms with Crippen LogP contribution in [0, 0.1) is 17.8 Å². The summed E-state index contributed by atoms with van der Waals surface area (Å²) in [7, 11) is 0. The second-order valence-corrected chi connectivity index (χ2v) is 13.6. The van der Waals surface area contributed by atoms with Crippen LogP contribution >= 0.6 is 0 Å². The first-order valence-corrected chi connectivity index (χ1v) is 17.4. The van der Waals surface area contributed by atoms with Gasteiger partial charge in [0.15, 0.2) is 0 Å². The van der Waals surface area contributed by atoms with E-state index in [0.29, 0.717) is 30.6 Å². The zero-order valence-electron chi connectivity index (χ0n) is 29.2. The van der Waals surface area contributed by atoms with Gasteiger partial charge in [0.05, 0.1) is 30.1 Å². The third-order valence-corrected chi connectivity index (χ3v) is 11.1. The Labute approximate surface area is 285 Å². The Bertz CT molecular complexity index is 1490. The van der Waals surface area contributed by atoms with Crippen molar-refractivity contribution in [3.8, 4) is 0 Å². The Morgan fingerprint density at radius 2 is 1.50 bits per heavy atom. The molecular formula is C39H52N4O5. The normalized spacial score (nSPS) is 26.9. The SMILES string of the molecule is C=CCN(C(=O)C1N([C@@H](CO)[C@@H](C)CC)C(=O)[C@@H]2[C@@H](C(=O)N(CC=C)c3ccccc3)[C@@]3(C)CCC12O3)c1ccc(N(CC)CC)cc1. The van der Waals surface area contributed by atoms with Crippen LogP contribution < -0.4 is 14.7 Å². The zero-order valence-corrected chi connectivity index (χ0v) is 29.2. The molecule has 9 nitrogen and oxygen atoms in total. The maximum absolute atomic E-state index is 15.1. The minimum atomic E-state index is -1.23. The molecule has 3 heterocycles. The van der Waals surface area contributed by atoms with E-state index in [4.69, 9.17) is 4.74 Å². The molecule has 3 amide bonds. The number of fused-ring (bicyclic) bond motifs is 1. The van der Waals surface area contributed by atoms with Crippen molar-refractivity contribution in [2.24, 2.45) is 17.8 Å². The largest absolute Gasteiger partial charge is 0.394 e. The van der Waals surface area contributed by atoms with E-state index in [-0.39, 0.29) is 43.3 Å². The highest BCUT2D eigenvalue weighted by Crippen LogP contribution is 2.64. The van der Waals surface area contributed by atoms with Crippen molar-refractivity contribution in [1.82, 2.24) is 4.90 Å². The number of hydrogen-bond acceptors (Lipinski definition) is 6. The molecule has 3 fully saturated rings. The number of benzene rings is 2. The van der Waals surface area contributed by atoms with Crippen LogP contribution in [0.5, 0.6) is 0 Å². The molecule has 0 aliphatic carbocycles. The van der Waals surface area contributed by atoms with E-state index < -0.39 is 35.1 Å². The van der Waals surface area contributed by atoms with Crippen molar-refractivity contribution in [3.05, 3.63) is 79.9 Å². The number of ether oxygens (including phenoxy) is 1. The average molecular weight is 657 g/mol. The van der Waals surface area contributed by atoms with Gasteiger partial charge in [-0.3, -0.25) is 14.4 Å². The quantitative estimate of drug-likeness (QED) is 0.257. The fourth-order valence-electron chi connectivity index (χ4n) is 8.45. The highest BCUT2D eigenvalue weighted by molar-refractivity contribution is 6.07. The van der Waals surface area contributed by atoms with Crippen LogP contribution in [0.2, 0.25) is 0 Å². The van der Waals surface area contributed by atoms with Crippen LogP contribution in [0.15, 0.2) is 79.9 Å². The molecule has 48 heavy (non-hydrogen) atoms. The molecule has 3 aliphatic heterocycles. The second-order valence-electron chi connectivity index (χ2n) is 13.6. The minimum absolute atomic E-state index is 0.103. The Kier molecular flexibility index (Phi) is 10.5. The van der Waals surface area contributed by atoms with Crippen LogP contribution in [0.25, 0.3) is 0 Å². The molecule has 2 aromatic rings. The van der Waals surface area contributed by atoms with Gasteiger partial charge < -0.3 is 29.4 Å². The van der Waals surface area contributed by atoms with Gasteiger partial charge in [-0.1, -0.05) is 50.6 Å². The van der Waals surface area contributed by atoms with E-state index >= 15 is 4.79 Å². The maximum atomic E-state index is 15.1. The van der Waals surface area contributed by atoms with Gasteiger partial charge in [-0.2, -0.15) is 0 Å². The van der Waals surface area contributed by atoms with E-state index in [0.717, 1.165) is 18.8 Å². The molecule has 5 rings (SSSR count). The molecule has 3 saturated heterocycles. The van der Waals surface area contributed by atoms with Crippen molar-refractivity contribution in [1.29, 1.82) is 0 Å². The van der Waals surface area contributed by atoms with Crippen molar-refractivity contribution < 1.29 is 24.2 Å². The van der Waals surface area contributed by atoms with Crippen molar-refractivity contribution in [2.75, 3.05) is 47.5 Å². The lowest BCUT2D eigenvalue weighted by Gasteiger charge is -2.41. The summed E-state index contributed by atoms with van der Waals surface area (Å²) in [5.41, 5.74) is 0.255. The molecule has 0 saturated carbocycles. The number of para-hydroxylation sites is 1. The van der Waals surface area contributed by atoms with Crippen molar-refractivity contribution >= 4 is 34.8 Å². The second kappa shape index (κ2) is 14.3. The number of anilines is 3. The van der Waals surface area contributed by atoms with E-state index in [2.05, 4.69) is 31.9 Å². The topological polar surface area (TPSA) is 93.6 Å². The molecule has 3 aliphatic rings. The first-order valence-electron chi connectivity index (χ1n) is 17.4. The first kappa shape index (κ1) is 35.4. The number of carbonyl (C=O) groups is 3. The summed E-state index contributed by atoms with van der Waals surface area (Å²) >= 11 is 0. The van der Waals surface area contributed by atoms with Gasteiger partial charge in [0.2, 0.25) is 11.8 Å². The molecule has 258 valence electrons. The van der Waals surface area contributed by atoms with Crippen LogP contribution in [0.3, 0.4) is 0 Å². The molecule has 1 spiro atoms. The lowest BCUT2D eigenvalue weighted by molar-refractivity contribution is -0.149. The number of carbonyl (C=O) groups excluding carboxylic acids is 3. The fraction of sp³-hybridized carbons (Fsp3) is 0.513. The number of amides is 3. The van der Waals surface area contributed by atoms with Gasteiger partial charge in [0.25, 0.3) is 5.91 Å². The summed E-state index contributed by atoms with van der Waals surface area (Å²) in [6.45, 7) is 19.8. The number of aliphatic hydroxyl groups is 1. The Morgan fingerprint density at radius 3 is 2.04 bits per heavy atom. The van der Waals surface area contributed by atoms with Gasteiger partial charge >= 0.3 is 0 Å². The molecule has 1 N–H and O–H groups in total. The summed E-state index contributed by atoms with van der Waals surface area (Å²) in [5.74, 6) is -2.65. The number of aliphatic hydroxyl groups excluding tert-OH is 1. The molecule has 2 bridgehead atoms. The Morgan fingerprint density at radius 1 is 0.938 bits per heavy atom. The Balaban J connectivity index is 1.62. The summed E-state index contributed by atoms with van der Waals surface area (Å²) in [6.07, 6.45) is 5.02. The van der Waals surface area contributed by atoms with Gasteiger partial charge in [-0.25, -0.2) is 0 Å². The molecule has 2 aromatic carbocycles. The lowest BCUT2D eigenvalue weighted by Crippen LogP contribution is -2.60. The third kappa shape index (κ3) is 5.75. The van der Waals surface area contributed by atoms with Crippen LogP contribution in [0.4, 0.5) is 17.1 Å². The molecular weight excluding hydrogens is 604 g/mol.